The van der Waals surface area contributed by atoms with Crippen LogP contribution < -0.4 is 0 Å². The van der Waals surface area contributed by atoms with Gasteiger partial charge in [-0.2, -0.15) is 0 Å². The molecule has 0 nitrogen and oxygen atoms in total. The SMILES string of the molecule is C[CH]c1cc(C(C)(C)C)cc(C(C)(C)C)c1. The van der Waals surface area contributed by atoms with Crippen LogP contribution in [0.3, 0.4) is 0 Å². The summed E-state index contributed by atoms with van der Waals surface area (Å²) in [5, 5.41) is 0. The molecule has 1 aromatic rings. The van der Waals surface area contributed by atoms with Crippen LogP contribution in [0, 0.1) is 6.42 Å². The van der Waals surface area contributed by atoms with Gasteiger partial charge in [0.25, 0.3) is 0 Å². The van der Waals surface area contributed by atoms with Gasteiger partial charge in [0.2, 0.25) is 0 Å². The van der Waals surface area contributed by atoms with E-state index in [1.807, 2.05) is 0 Å². The Bertz CT molecular complexity index is 326. The molecule has 0 spiro atoms. The van der Waals surface area contributed by atoms with Gasteiger partial charge in [-0.15, -0.1) is 0 Å². The molecule has 16 heavy (non-hydrogen) atoms. The Morgan fingerprint density at radius 3 is 1.38 bits per heavy atom. The number of hydrogen-bond donors (Lipinski definition) is 0. The van der Waals surface area contributed by atoms with Crippen LogP contribution in [0.1, 0.15) is 65.2 Å². The zero-order valence-electron chi connectivity index (χ0n) is 11.8. The molecular weight excluding hydrogens is 192 g/mol. The number of benzene rings is 1. The standard InChI is InChI=1S/C16H25/c1-8-12-9-13(15(2,3)4)11-14(10-12)16(5,6)7/h8-11H,1-7H3. The summed E-state index contributed by atoms with van der Waals surface area (Å²) in [5.74, 6) is 0. The molecule has 0 unspecified atom stereocenters. The lowest BCUT2D eigenvalue weighted by atomic mass is 9.79. The van der Waals surface area contributed by atoms with Crippen molar-refractivity contribution in [1.82, 2.24) is 0 Å². The van der Waals surface area contributed by atoms with E-state index in [9.17, 15) is 0 Å². The molecule has 0 saturated carbocycles. The highest BCUT2D eigenvalue weighted by atomic mass is 14.2. The molecule has 0 amide bonds. The van der Waals surface area contributed by atoms with Crippen molar-refractivity contribution >= 4 is 0 Å². The molecule has 0 aromatic heterocycles. The van der Waals surface area contributed by atoms with E-state index in [1.54, 1.807) is 0 Å². The highest BCUT2D eigenvalue weighted by Crippen LogP contribution is 2.30. The molecule has 0 aliphatic carbocycles. The molecule has 89 valence electrons. The average Bonchev–Trinajstić information content (AvgIpc) is 2.14. The van der Waals surface area contributed by atoms with Gasteiger partial charge < -0.3 is 0 Å². The molecule has 0 heterocycles. The Morgan fingerprint density at radius 1 is 0.750 bits per heavy atom. The van der Waals surface area contributed by atoms with Gasteiger partial charge >= 0.3 is 0 Å². The van der Waals surface area contributed by atoms with E-state index < -0.39 is 0 Å². The fraction of sp³-hybridized carbons (Fsp3) is 0.562. The Hall–Kier alpha value is -0.780. The van der Waals surface area contributed by atoms with Gasteiger partial charge in [-0.3, -0.25) is 0 Å². The van der Waals surface area contributed by atoms with Gasteiger partial charge in [0.1, 0.15) is 0 Å². The normalized spacial score (nSPS) is 12.9. The maximum atomic E-state index is 2.35. The van der Waals surface area contributed by atoms with Gasteiger partial charge in [-0.05, 0) is 33.9 Å². The second-order valence-electron chi connectivity index (χ2n) is 6.63. The summed E-state index contributed by atoms with van der Waals surface area (Å²) >= 11 is 0. The maximum absolute atomic E-state index is 2.35. The van der Waals surface area contributed by atoms with Crippen molar-refractivity contribution in [1.29, 1.82) is 0 Å². The molecule has 0 saturated heterocycles. The molecule has 1 rings (SSSR count). The molecule has 1 aromatic carbocycles. The van der Waals surface area contributed by atoms with E-state index in [-0.39, 0.29) is 10.8 Å². The van der Waals surface area contributed by atoms with Crippen LogP contribution in [-0.2, 0) is 10.8 Å². The third-order valence-electron chi connectivity index (χ3n) is 3.02. The van der Waals surface area contributed by atoms with E-state index >= 15 is 0 Å². The second-order valence-corrected chi connectivity index (χ2v) is 6.63. The van der Waals surface area contributed by atoms with E-state index in [0.29, 0.717) is 0 Å². The summed E-state index contributed by atoms with van der Waals surface area (Å²) in [4.78, 5) is 0. The van der Waals surface area contributed by atoms with Crippen LogP contribution in [0.25, 0.3) is 0 Å². The summed E-state index contributed by atoms with van der Waals surface area (Å²) in [6.45, 7) is 15.7. The second kappa shape index (κ2) is 4.24. The largest absolute Gasteiger partial charge is 0.0578 e. The lowest BCUT2D eigenvalue weighted by Gasteiger charge is -2.26. The smallest absolute Gasteiger partial charge is 0.0124 e. The first-order chi connectivity index (χ1) is 7.14. The minimum Gasteiger partial charge on any atom is -0.0578 e. The number of rotatable bonds is 1. The highest BCUT2D eigenvalue weighted by molar-refractivity contribution is 5.39. The molecule has 0 heteroatoms. The molecule has 0 bridgehead atoms. The molecule has 0 fully saturated rings. The highest BCUT2D eigenvalue weighted by Gasteiger charge is 2.19. The summed E-state index contributed by atoms with van der Waals surface area (Å²) in [5.41, 5.74) is 4.62. The van der Waals surface area contributed by atoms with Crippen molar-refractivity contribution in [3.8, 4) is 0 Å². The minimum atomic E-state index is 0.221. The average molecular weight is 217 g/mol. The molecule has 1 radical (unpaired) electrons. The zero-order chi connectivity index (χ0) is 12.6. The quantitative estimate of drug-likeness (QED) is 0.630. The van der Waals surface area contributed by atoms with Crippen molar-refractivity contribution in [2.45, 2.75) is 59.3 Å². The van der Waals surface area contributed by atoms with Crippen LogP contribution >= 0.6 is 0 Å². The van der Waals surface area contributed by atoms with Gasteiger partial charge in [0.05, 0.1) is 0 Å². The van der Waals surface area contributed by atoms with Crippen molar-refractivity contribution in [2.75, 3.05) is 0 Å². The first kappa shape index (κ1) is 13.3. The van der Waals surface area contributed by atoms with E-state index in [4.69, 9.17) is 0 Å². The number of hydrogen-bond acceptors (Lipinski definition) is 0. The predicted molar refractivity (Wildman–Crippen MR) is 72.9 cm³/mol. The van der Waals surface area contributed by atoms with Gasteiger partial charge in [0, 0.05) is 0 Å². The van der Waals surface area contributed by atoms with Crippen LogP contribution in [0.2, 0.25) is 0 Å². The molecule has 0 N–H and O–H groups in total. The van der Waals surface area contributed by atoms with E-state index in [1.165, 1.54) is 16.7 Å². The summed E-state index contributed by atoms with van der Waals surface area (Å²) in [7, 11) is 0. The molecular formula is C16H25. The molecule has 0 atom stereocenters. The topological polar surface area (TPSA) is 0 Å². The van der Waals surface area contributed by atoms with Crippen molar-refractivity contribution in [2.24, 2.45) is 0 Å². The summed E-state index contributed by atoms with van der Waals surface area (Å²) in [6, 6.07) is 6.96. The predicted octanol–water partition coefficient (Wildman–Crippen LogP) is 4.85. The Kier molecular flexibility index (Phi) is 3.52. The zero-order valence-corrected chi connectivity index (χ0v) is 11.8. The lowest BCUT2D eigenvalue weighted by Crippen LogP contribution is -2.16. The lowest BCUT2D eigenvalue weighted by molar-refractivity contribution is 0.568. The molecule has 0 aliphatic rings. The van der Waals surface area contributed by atoms with Gasteiger partial charge in [-0.25, -0.2) is 0 Å². The fourth-order valence-corrected chi connectivity index (χ4v) is 1.68. The van der Waals surface area contributed by atoms with Crippen molar-refractivity contribution in [3.63, 3.8) is 0 Å². The van der Waals surface area contributed by atoms with Crippen LogP contribution in [0.4, 0.5) is 0 Å². The van der Waals surface area contributed by atoms with Crippen LogP contribution in [0.15, 0.2) is 18.2 Å². The monoisotopic (exact) mass is 217 g/mol. The van der Waals surface area contributed by atoms with E-state index in [0.717, 1.165) is 0 Å². The van der Waals surface area contributed by atoms with Crippen LogP contribution in [0.5, 0.6) is 0 Å². The van der Waals surface area contributed by atoms with Gasteiger partial charge in [-0.1, -0.05) is 66.7 Å². The minimum absolute atomic E-state index is 0.221. The van der Waals surface area contributed by atoms with Crippen LogP contribution in [-0.4, -0.2) is 0 Å². The Balaban J connectivity index is 3.33. The van der Waals surface area contributed by atoms with Crippen molar-refractivity contribution in [3.05, 3.63) is 41.3 Å². The first-order valence-corrected chi connectivity index (χ1v) is 6.10. The first-order valence-electron chi connectivity index (χ1n) is 6.10. The third-order valence-corrected chi connectivity index (χ3v) is 3.02. The fourth-order valence-electron chi connectivity index (χ4n) is 1.68. The van der Waals surface area contributed by atoms with E-state index in [2.05, 4.69) is 73.1 Å². The van der Waals surface area contributed by atoms with Gasteiger partial charge in [0.15, 0.2) is 0 Å². The third kappa shape index (κ3) is 3.10. The Labute approximate surface area is 101 Å². The Morgan fingerprint density at radius 2 is 1.12 bits per heavy atom. The van der Waals surface area contributed by atoms with Crippen molar-refractivity contribution < 1.29 is 0 Å². The molecule has 0 aliphatic heterocycles. The summed E-state index contributed by atoms with van der Waals surface area (Å²) in [6.07, 6.45) is 2.18. The maximum Gasteiger partial charge on any atom is -0.0124 e. The summed E-state index contributed by atoms with van der Waals surface area (Å²) < 4.78 is 0.